The van der Waals surface area contributed by atoms with Gasteiger partial charge in [-0.25, -0.2) is 4.39 Å². The third-order valence-electron chi connectivity index (χ3n) is 4.53. The van der Waals surface area contributed by atoms with Crippen LogP contribution < -0.4 is 4.74 Å². The highest BCUT2D eigenvalue weighted by Crippen LogP contribution is 2.24. The maximum atomic E-state index is 14.4. The molecular weight excluding hydrogens is 356 g/mol. The molecule has 0 atom stereocenters. The van der Waals surface area contributed by atoms with Crippen LogP contribution in [-0.2, 0) is 17.8 Å². The minimum atomic E-state index is -1.22. The molecule has 1 amide bonds. The molecule has 148 valence electrons. The fourth-order valence-corrected chi connectivity index (χ4v) is 2.94. The Morgan fingerprint density at radius 2 is 1.93 bits per heavy atom. The van der Waals surface area contributed by atoms with Crippen molar-refractivity contribution < 1.29 is 23.0 Å². The molecule has 0 saturated heterocycles. The Morgan fingerprint density at radius 3 is 2.48 bits per heavy atom. The van der Waals surface area contributed by atoms with E-state index in [1.165, 1.54) is 31.3 Å². The summed E-state index contributed by atoms with van der Waals surface area (Å²) in [5.41, 5.74) is 2.27. The zero-order valence-corrected chi connectivity index (χ0v) is 16.3. The van der Waals surface area contributed by atoms with Gasteiger partial charge < -0.3 is 14.4 Å². The summed E-state index contributed by atoms with van der Waals surface area (Å²) in [5, 5.41) is 4.45. The second-order valence-electron chi connectivity index (χ2n) is 6.13. The van der Waals surface area contributed by atoms with Gasteiger partial charge in [-0.15, -0.1) is 0 Å². The van der Waals surface area contributed by atoms with Crippen LogP contribution in [0.4, 0.5) is 8.78 Å². The van der Waals surface area contributed by atoms with Crippen LogP contribution in [0.1, 0.15) is 34.2 Å². The molecule has 0 fully saturated rings. The predicted octanol–water partition coefficient (Wildman–Crippen LogP) is 3.10. The number of nitrogens with zero attached hydrogens (tertiary/aromatic N) is 3. The molecule has 1 aromatic carbocycles. The van der Waals surface area contributed by atoms with E-state index in [4.69, 9.17) is 9.47 Å². The fraction of sp³-hybridized carbons (Fsp3) is 0.474. The number of halogens is 2. The average molecular weight is 381 g/mol. The van der Waals surface area contributed by atoms with Crippen molar-refractivity contribution in [3.05, 3.63) is 46.3 Å². The fourth-order valence-electron chi connectivity index (χ4n) is 2.94. The van der Waals surface area contributed by atoms with Crippen molar-refractivity contribution in [2.24, 2.45) is 0 Å². The van der Waals surface area contributed by atoms with E-state index in [9.17, 15) is 13.6 Å². The second kappa shape index (κ2) is 8.94. The van der Waals surface area contributed by atoms with Gasteiger partial charge in [0.05, 0.1) is 25.0 Å². The van der Waals surface area contributed by atoms with Gasteiger partial charge in [-0.1, -0.05) is 0 Å². The van der Waals surface area contributed by atoms with Crippen molar-refractivity contribution in [1.29, 1.82) is 0 Å². The molecule has 6 nitrogen and oxygen atoms in total. The van der Waals surface area contributed by atoms with Crippen molar-refractivity contribution in [3.8, 4) is 5.75 Å². The summed E-state index contributed by atoms with van der Waals surface area (Å²) in [6.07, 6.45) is 0. The average Bonchev–Trinajstić information content (AvgIpc) is 2.93. The molecule has 8 heteroatoms. The lowest BCUT2D eigenvalue weighted by Crippen LogP contribution is -2.34. The highest BCUT2D eigenvalue weighted by Gasteiger charge is 2.25. The highest BCUT2D eigenvalue weighted by molar-refractivity contribution is 5.94. The quantitative estimate of drug-likeness (QED) is 0.705. The summed E-state index contributed by atoms with van der Waals surface area (Å²) in [7, 11) is 2.75. The van der Waals surface area contributed by atoms with Crippen LogP contribution in [0.5, 0.6) is 5.75 Å². The number of hydrogen-bond acceptors (Lipinski definition) is 4. The third kappa shape index (κ3) is 4.27. The van der Waals surface area contributed by atoms with E-state index < -0.39 is 17.5 Å². The van der Waals surface area contributed by atoms with Crippen molar-refractivity contribution in [1.82, 2.24) is 14.7 Å². The Morgan fingerprint density at radius 1 is 1.22 bits per heavy atom. The summed E-state index contributed by atoms with van der Waals surface area (Å²) < 4.78 is 40.1. The van der Waals surface area contributed by atoms with Gasteiger partial charge in [0.15, 0.2) is 11.6 Å². The molecule has 2 aromatic rings. The maximum Gasteiger partial charge on any atom is 0.257 e. The van der Waals surface area contributed by atoms with E-state index in [0.717, 1.165) is 17.0 Å². The zero-order chi connectivity index (χ0) is 20.1. The highest BCUT2D eigenvalue weighted by atomic mass is 19.2. The summed E-state index contributed by atoms with van der Waals surface area (Å²) in [6, 6.07) is 2.47. The first-order valence-electron chi connectivity index (χ1n) is 8.68. The van der Waals surface area contributed by atoms with Crippen LogP contribution >= 0.6 is 0 Å². The second-order valence-corrected chi connectivity index (χ2v) is 6.13. The molecule has 0 saturated carbocycles. The van der Waals surface area contributed by atoms with E-state index in [-0.39, 0.29) is 31.0 Å². The van der Waals surface area contributed by atoms with Crippen molar-refractivity contribution in [2.45, 2.75) is 33.9 Å². The van der Waals surface area contributed by atoms with E-state index in [0.29, 0.717) is 6.54 Å². The standard InChI is InChI=1S/C19H25F2N3O3/c1-6-24-13(3)15(12(2)22-24)11-23(9-10-26-4)19(25)14-7-8-16(27-5)18(21)17(14)20/h7-8H,6,9-11H2,1-5H3. The number of aryl methyl sites for hydroxylation is 2. The van der Waals surface area contributed by atoms with Crippen LogP contribution in [-0.4, -0.2) is 48.0 Å². The van der Waals surface area contributed by atoms with Crippen molar-refractivity contribution in [3.63, 3.8) is 0 Å². The van der Waals surface area contributed by atoms with E-state index in [2.05, 4.69) is 5.10 Å². The molecule has 27 heavy (non-hydrogen) atoms. The molecule has 0 unspecified atom stereocenters. The normalized spacial score (nSPS) is 10.9. The van der Waals surface area contributed by atoms with Crippen molar-refractivity contribution in [2.75, 3.05) is 27.4 Å². The van der Waals surface area contributed by atoms with Gasteiger partial charge in [0.1, 0.15) is 0 Å². The lowest BCUT2D eigenvalue weighted by molar-refractivity contribution is 0.0674. The number of benzene rings is 1. The van der Waals surface area contributed by atoms with Gasteiger partial charge in [0.2, 0.25) is 5.82 Å². The molecule has 1 aromatic heterocycles. The molecule has 0 aliphatic rings. The number of carbonyl (C=O) groups excluding carboxylic acids is 1. The number of ether oxygens (including phenoxy) is 2. The third-order valence-corrected chi connectivity index (χ3v) is 4.53. The Kier molecular flexibility index (Phi) is 6.90. The maximum absolute atomic E-state index is 14.4. The molecule has 0 spiro atoms. The Bertz CT molecular complexity index is 821. The molecule has 0 N–H and O–H groups in total. The zero-order valence-electron chi connectivity index (χ0n) is 16.3. The van der Waals surface area contributed by atoms with E-state index in [1.54, 1.807) is 0 Å². The molecule has 0 radical (unpaired) electrons. The lowest BCUT2D eigenvalue weighted by Gasteiger charge is -2.23. The molecular formula is C19H25F2N3O3. The largest absolute Gasteiger partial charge is 0.494 e. The van der Waals surface area contributed by atoms with Gasteiger partial charge in [-0.05, 0) is 32.9 Å². The van der Waals surface area contributed by atoms with Crippen LogP contribution in [0.25, 0.3) is 0 Å². The number of aromatic nitrogens is 2. The van der Waals surface area contributed by atoms with Crippen LogP contribution in [0.3, 0.4) is 0 Å². The lowest BCUT2D eigenvalue weighted by atomic mass is 10.1. The smallest absolute Gasteiger partial charge is 0.257 e. The van der Waals surface area contributed by atoms with Gasteiger partial charge in [-0.2, -0.15) is 9.49 Å². The first-order chi connectivity index (χ1) is 12.8. The van der Waals surface area contributed by atoms with Crippen LogP contribution in [0, 0.1) is 25.5 Å². The summed E-state index contributed by atoms with van der Waals surface area (Å²) >= 11 is 0. The van der Waals surface area contributed by atoms with Gasteiger partial charge in [0, 0.05) is 38.0 Å². The number of rotatable bonds is 8. The molecule has 0 aliphatic carbocycles. The van der Waals surface area contributed by atoms with Crippen LogP contribution in [0.2, 0.25) is 0 Å². The Labute approximate surface area is 157 Å². The molecule has 2 rings (SSSR count). The first kappa shape index (κ1) is 20.8. The number of carbonyl (C=O) groups is 1. The minimum Gasteiger partial charge on any atom is -0.494 e. The van der Waals surface area contributed by atoms with Crippen molar-refractivity contribution >= 4 is 5.91 Å². The molecule has 1 heterocycles. The number of methoxy groups -OCH3 is 2. The SMILES string of the molecule is CCn1nc(C)c(CN(CCOC)C(=O)c2ccc(OC)c(F)c2F)c1C. The number of amides is 1. The number of hydrogen-bond donors (Lipinski definition) is 0. The predicted molar refractivity (Wildman–Crippen MR) is 96.9 cm³/mol. The Balaban J connectivity index is 2.38. The molecule has 0 bridgehead atoms. The van der Waals surface area contributed by atoms with E-state index >= 15 is 0 Å². The summed E-state index contributed by atoms with van der Waals surface area (Å²) in [5.74, 6) is -3.27. The molecule has 0 aliphatic heterocycles. The van der Waals surface area contributed by atoms with Gasteiger partial charge in [0.25, 0.3) is 5.91 Å². The van der Waals surface area contributed by atoms with Crippen LogP contribution in [0.15, 0.2) is 12.1 Å². The Hall–Kier alpha value is -2.48. The van der Waals surface area contributed by atoms with Gasteiger partial charge >= 0.3 is 0 Å². The van der Waals surface area contributed by atoms with E-state index in [1.807, 2.05) is 25.5 Å². The van der Waals surface area contributed by atoms with Gasteiger partial charge in [-0.3, -0.25) is 9.48 Å². The first-order valence-corrected chi connectivity index (χ1v) is 8.68. The summed E-state index contributed by atoms with van der Waals surface area (Å²) in [4.78, 5) is 14.4. The topological polar surface area (TPSA) is 56.6 Å². The monoisotopic (exact) mass is 381 g/mol. The summed E-state index contributed by atoms with van der Waals surface area (Å²) in [6.45, 7) is 7.20. The minimum absolute atomic E-state index is 0.229.